The highest BCUT2D eigenvalue weighted by Crippen LogP contribution is 2.12. The Morgan fingerprint density at radius 2 is 1.94 bits per heavy atom. The van der Waals surface area contributed by atoms with E-state index in [1.165, 1.54) is 0 Å². The van der Waals surface area contributed by atoms with Gasteiger partial charge in [-0.15, -0.1) is 0 Å². The summed E-state index contributed by atoms with van der Waals surface area (Å²) >= 11 is 0. The maximum absolute atomic E-state index is 11.4. The van der Waals surface area contributed by atoms with E-state index < -0.39 is 11.4 Å². The molecule has 6 nitrogen and oxygen atoms in total. The Morgan fingerprint density at radius 3 is 2.41 bits per heavy atom. The van der Waals surface area contributed by atoms with Gasteiger partial charge in [-0.1, -0.05) is 6.92 Å². The maximum Gasteiger partial charge on any atom is 0.314 e. The van der Waals surface area contributed by atoms with Gasteiger partial charge in [0.1, 0.15) is 0 Å². The van der Waals surface area contributed by atoms with Crippen LogP contribution in [0.5, 0.6) is 0 Å². The number of urea groups is 1. The summed E-state index contributed by atoms with van der Waals surface area (Å²) in [7, 11) is 1.60. The van der Waals surface area contributed by atoms with Gasteiger partial charge in [-0.2, -0.15) is 0 Å². The van der Waals surface area contributed by atoms with Gasteiger partial charge in [0.05, 0.1) is 12.0 Å². The lowest BCUT2D eigenvalue weighted by Gasteiger charge is -2.20. The fourth-order valence-electron chi connectivity index (χ4n) is 1.05. The summed E-state index contributed by atoms with van der Waals surface area (Å²) in [5, 5.41) is 14.0. The molecule has 3 N–H and O–H groups in total. The molecule has 100 valence electrons. The molecule has 6 heteroatoms. The number of aliphatic carboxylic acids is 1. The normalized spacial score (nSPS) is 12.9. The van der Waals surface area contributed by atoms with Crippen molar-refractivity contribution in [3.8, 4) is 0 Å². The number of nitrogens with one attached hydrogen (secondary N) is 2. The van der Waals surface area contributed by atoms with Gasteiger partial charge in [0.25, 0.3) is 0 Å². The van der Waals surface area contributed by atoms with Crippen LogP contribution in [0.15, 0.2) is 0 Å². The number of carbonyl (C=O) groups excluding carboxylic acids is 1. The van der Waals surface area contributed by atoms with Gasteiger partial charge in [0, 0.05) is 20.2 Å². The second kappa shape index (κ2) is 7.11. The Kier molecular flexibility index (Phi) is 6.57. The number of methoxy groups -OCH3 is 1. The van der Waals surface area contributed by atoms with Crippen LogP contribution in [-0.2, 0) is 9.53 Å². The van der Waals surface area contributed by atoms with Gasteiger partial charge in [-0.25, -0.2) is 4.79 Å². The second-order valence-electron chi connectivity index (χ2n) is 4.81. The van der Waals surface area contributed by atoms with E-state index in [1.54, 1.807) is 21.0 Å². The van der Waals surface area contributed by atoms with E-state index in [1.807, 2.05) is 6.92 Å². The zero-order valence-corrected chi connectivity index (χ0v) is 10.9. The zero-order valence-electron chi connectivity index (χ0n) is 10.9. The third-order valence-corrected chi connectivity index (χ3v) is 2.33. The van der Waals surface area contributed by atoms with Crippen LogP contribution in [0.25, 0.3) is 0 Å². The molecule has 1 atom stereocenters. The van der Waals surface area contributed by atoms with Gasteiger partial charge in [-0.3, -0.25) is 4.79 Å². The molecule has 0 aliphatic carbocycles. The molecule has 0 spiro atoms. The molecule has 1 unspecified atom stereocenters. The lowest BCUT2D eigenvalue weighted by atomic mass is 9.94. The molecule has 0 saturated carbocycles. The Morgan fingerprint density at radius 1 is 1.35 bits per heavy atom. The minimum Gasteiger partial charge on any atom is -0.481 e. The molecule has 0 bridgehead atoms. The Hall–Kier alpha value is -1.30. The molecule has 17 heavy (non-hydrogen) atoms. The summed E-state index contributed by atoms with van der Waals surface area (Å²) in [6, 6.07) is -0.359. The molecule has 0 aromatic heterocycles. The van der Waals surface area contributed by atoms with Crippen LogP contribution in [0, 0.1) is 11.3 Å². The SMILES string of the molecule is COCC(C)CNC(=O)NCC(C)(C)C(=O)O. The number of carbonyl (C=O) groups is 2. The maximum atomic E-state index is 11.4. The van der Waals surface area contributed by atoms with Crippen molar-refractivity contribution in [1.82, 2.24) is 10.6 Å². The van der Waals surface area contributed by atoms with Crippen LogP contribution in [0.2, 0.25) is 0 Å². The molecule has 0 aromatic carbocycles. The summed E-state index contributed by atoms with van der Waals surface area (Å²) in [6.45, 7) is 6.22. The van der Waals surface area contributed by atoms with E-state index in [4.69, 9.17) is 9.84 Å². The Labute approximate surface area is 102 Å². The molecule has 0 fully saturated rings. The molecule has 0 aromatic rings. The van der Waals surface area contributed by atoms with Crippen LogP contribution in [0.1, 0.15) is 20.8 Å². The van der Waals surface area contributed by atoms with Crippen molar-refractivity contribution in [3.63, 3.8) is 0 Å². The highest BCUT2D eigenvalue weighted by Gasteiger charge is 2.27. The van der Waals surface area contributed by atoms with E-state index in [0.717, 1.165) is 0 Å². The number of amides is 2. The molecular formula is C11H22N2O4. The monoisotopic (exact) mass is 246 g/mol. The lowest BCUT2D eigenvalue weighted by Crippen LogP contribution is -2.44. The number of carboxylic acid groups (broad SMARTS) is 1. The van der Waals surface area contributed by atoms with Crippen molar-refractivity contribution in [2.75, 3.05) is 26.8 Å². The minimum atomic E-state index is -0.963. The van der Waals surface area contributed by atoms with Crippen molar-refractivity contribution in [1.29, 1.82) is 0 Å². The van der Waals surface area contributed by atoms with Crippen molar-refractivity contribution in [2.24, 2.45) is 11.3 Å². The Bertz CT molecular complexity index is 266. The third kappa shape index (κ3) is 6.78. The lowest BCUT2D eigenvalue weighted by molar-refractivity contribution is -0.146. The molecular weight excluding hydrogens is 224 g/mol. The minimum absolute atomic E-state index is 0.0901. The van der Waals surface area contributed by atoms with E-state index in [9.17, 15) is 9.59 Å². The number of carboxylic acids is 1. The van der Waals surface area contributed by atoms with Crippen molar-refractivity contribution < 1.29 is 19.4 Å². The largest absolute Gasteiger partial charge is 0.481 e. The predicted octanol–water partition coefficient (Wildman–Crippen LogP) is 0.679. The number of hydrogen-bond acceptors (Lipinski definition) is 3. The molecule has 0 heterocycles. The summed E-state index contributed by atoms with van der Waals surface area (Å²) in [5.74, 6) is -0.719. The first-order valence-corrected chi connectivity index (χ1v) is 5.53. The first kappa shape index (κ1) is 15.7. The van der Waals surface area contributed by atoms with E-state index >= 15 is 0 Å². The fourth-order valence-corrected chi connectivity index (χ4v) is 1.05. The summed E-state index contributed by atoms with van der Waals surface area (Å²) in [6.07, 6.45) is 0. The smallest absolute Gasteiger partial charge is 0.314 e. The molecule has 0 aliphatic heterocycles. The first-order chi connectivity index (χ1) is 7.79. The number of rotatable bonds is 7. The Balaban J connectivity index is 3.84. The molecule has 0 rings (SSSR count). The van der Waals surface area contributed by atoms with E-state index in [2.05, 4.69) is 10.6 Å². The average Bonchev–Trinajstić information content (AvgIpc) is 2.24. The predicted molar refractivity (Wildman–Crippen MR) is 63.9 cm³/mol. The molecule has 0 aliphatic rings. The highest BCUT2D eigenvalue weighted by atomic mass is 16.5. The number of ether oxygens (including phenoxy) is 1. The van der Waals surface area contributed by atoms with Crippen molar-refractivity contribution >= 4 is 12.0 Å². The molecule has 0 saturated heterocycles. The van der Waals surface area contributed by atoms with Crippen molar-refractivity contribution in [3.05, 3.63) is 0 Å². The van der Waals surface area contributed by atoms with Gasteiger partial charge in [0.2, 0.25) is 0 Å². The van der Waals surface area contributed by atoms with Crippen LogP contribution in [0.3, 0.4) is 0 Å². The van der Waals surface area contributed by atoms with Gasteiger partial charge < -0.3 is 20.5 Å². The fraction of sp³-hybridized carbons (Fsp3) is 0.818. The van der Waals surface area contributed by atoms with E-state index in [-0.39, 0.29) is 18.5 Å². The third-order valence-electron chi connectivity index (χ3n) is 2.33. The van der Waals surface area contributed by atoms with Gasteiger partial charge in [0.15, 0.2) is 0 Å². The van der Waals surface area contributed by atoms with Gasteiger partial charge >= 0.3 is 12.0 Å². The quantitative estimate of drug-likeness (QED) is 0.616. The van der Waals surface area contributed by atoms with Crippen LogP contribution >= 0.6 is 0 Å². The van der Waals surface area contributed by atoms with Gasteiger partial charge in [-0.05, 0) is 19.8 Å². The first-order valence-electron chi connectivity index (χ1n) is 5.53. The van der Waals surface area contributed by atoms with E-state index in [0.29, 0.717) is 13.2 Å². The molecule has 0 radical (unpaired) electrons. The van der Waals surface area contributed by atoms with Crippen LogP contribution < -0.4 is 10.6 Å². The van der Waals surface area contributed by atoms with Crippen LogP contribution in [0.4, 0.5) is 4.79 Å². The zero-order chi connectivity index (χ0) is 13.5. The van der Waals surface area contributed by atoms with Crippen LogP contribution in [-0.4, -0.2) is 43.9 Å². The second-order valence-corrected chi connectivity index (χ2v) is 4.81. The number of hydrogen-bond donors (Lipinski definition) is 3. The summed E-state index contributed by atoms with van der Waals surface area (Å²) < 4.78 is 4.93. The highest BCUT2D eigenvalue weighted by molar-refractivity contribution is 5.77. The average molecular weight is 246 g/mol. The summed E-state index contributed by atoms with van der Waals surface area (Å²) in [4.78, 5) is 22.2. The standard InChI is InChI=1S/C11H22N2O4/c1-8(6-17-4)5-12-10(16)13-7-11(2,3)9(14)15/h8H,5-7H2,1-4H3,(H,14,15)(H2,12,13,16). The topological polar surface area (TPSA) is 87.7 Å². The molecule has 2 amide bonds. The summed E-state index contributed by atoms with van der Waals surface area (Å²) in [5.41, 5.74) is -0.963. The van der Waals surface area contributed by atoms with Crippen molar-refractivity contribution in [2.45, 2.75) is 20.8 Å².